The lowest BCUT2D eigenvalue weighted by Crippen LogP contribution is -2.55. The second-order valence-electron chi connectivity index (χ2n) is 13.9. The Morgan fingerprint density at radius 3 is 2.50 bits per heavy atom. The minimum absolute atomic E-state index is 0.0180. The number of aryl methyl sites for hydroxylation is 2. The van der Waals surface area contributed by atoms with Crippen LogP contribution >= 0.6 is 11.8 Å². The lowest BCUT2D eigenvalue weighted by molar-refractivity contribution is -0.143. The van der Waals surface area contributed by atoms with Crippen LogP contribution in [0.5, 0.6) is 0 Å². The molecule has 246 valence electrons. The van der Waals surface area contributed by atoms with E-state index < -0.39 is 5.92 Å². The molecule has 2 amide bonds. The first kappa shape index (κ1) is 31.4. The third kappa shape index (κ3) is 6.64. The number of benzene rings is 1. The second-order valence-corrected chi connectivity index (χ2v) is 15.0. The first-order chi connectivity index (χ1) is 22.3. The van der Waals surface area contributed by atoms with Crippen molar-refractivity contribution in [2.24, 2.45) is 5.92 Å². The topological polar surface area (TPSA) is 109 Å². The van der Waals surface area contributed by atoms with Crippen LogP contribution in [0.1, 0.15) is 60.3 Å². The van der Waals surface area contributed by atoms with Gasteiger partial charge in [-0.1, -0.05) is 6.07 Å². The molecule has 2 N–H and O–H groups in total. The van der Waals surface area contributed by atoms with E-state index in [1.807, 2.05) is 16.0 Å². The molecule has 46 heavy (non-hydrogen) atoms. The van der Waals surface area contributed by atoms with Crippen LogP contribution in [0.25, 0.3) is 10.9 Å². The third-order valence-electron chi connectivity index (χ3n) is 10.9. The standard InChI is InChI=1S/C35H47N7O3S/c1-23-17-24(19-28-22-36-38-32(23)28)18-27(35(45)42-14-12-40(13-15-42)29-5-8-39(2)9-6-29)21-31(43)41-10-3-25(4-11-41)30-20-26-7-16-46-34(26)37-33(30)44/h17,19-20,22,25,27,29H,3-16,18,21H2,1-2H3,(H,36,38)(H,37,44). The van der Waals surface area contributed by atoms with Gasteiger partial charge in [0, 0.05) is 68.4 Å². The number of aromatic nitrogens is 3. The fourth-order valence-electron chi connectivity index (χ4n) is 8.12. The number of rotatable bonds is 7. The molecule has 1 aromatic carbocycles. The highest BCUT2D eigenvalue weighted by molar-refractivity contribution is 7.99. The van der Waals surface area contributed by atoms with E-state index in [1.54, 1.807) is 11.8 Å². The minimum atomic E-state index is -0.416. The highest BCUT2D eigenvalue weighted by Crippen LogP contribution is 2.33. The van der Waals surface area contributed by atoms with Gasteiger partial charge in [-0.3, -0.25) is 24.4 Å². The van der Waals surface area contributed by atoms with Gasteiger partial charge in [0.15, 0.2) is 0 Å². The number of thioether (sulfide) groups is 1. The second kappa shape index (κ2) is 13.5. The van der Waals surface area contributed by atoms with Gasteiger partial charge in [0.05, 0.1) is 22.7 Å². The zero-order valence-electron chi connectivity index (χ0n) is 27.2. The summed E-state index contributed by atoms with van der Waals surface area (Å²) in [5.74, 6) is 0.902. The van der Waals surface area contributed by atoms with E-state index in [9.17, 15) is 14.4 Å². The van der Waals surface area contributed by atoms with Crippen LogP contribution in [0.3, 0.4) is 0 Å². The van der Waals surface area contributed by atoms with E-state index in [1.165, 1.54) is 18.4 Å². The fourth-order valence-corrected chi connectivity index (χ4v) is 9.16. The quantitative estimate of drug-likeness (QED) is 0.406. The maximum atomic E-state index is 14.2. The molecule has 3 saturated heterocycles. The molecule has 0 radical (unpaired) electrons. The van der Waals surface area contributed by atoms with Crippen molar-refractivity contribution in [3.63, 3.8) is 0 Å². The summed E-state index contributed by atoms with van der Waals surface area (Å²) in [5, 5.41) is 9.32. The third-order valence-corrected chi connectivity index (χ3v) is 12.0. The number of piperazine rings is 1. The van der Waals surface area contributed by atoms with E-state index in [0.29, 0.717) is 25.6 Å². The molecule has 6 heterocycles. The molecular weight excluding hydrogens is 598 g/mol. The highest BCUT2D eigenvalue weighted by Gasteiger charge is 2.34. The number of aromatic amines is 2. The van der Waals surface area contributed by atoms with Crippen molar-refractivity contribution in [2.45, 2.75) is 68.9 Å². The fraction of sp³-hybridized carbons (Fsp3) is 0.600. The van der Waals surface area contributed by atoms with Crippen molar-refractivity contribution < 1.29 is 9.59 Å². The molecule has 10 nitrogen and oxygen atoms in total. The summed E-state index contributed by atoms with van der Waals surface area (Å²) in [5.41, 5.74) is 5.30. The maximum Gasteiger partial charge on any atom is 0.252 e. The SMILES string of the molecule is Cc1cc(CC(CC(=O)N2CCC(c3cc4c([nH]c3=O)SCC4)CC2)C(=O)N2CCN(C3CCN(C)CC3)CC2)cc2cn[nH]c12. The number of nitrogens with one attached hydrogen (secondary N) is 2. The molecule has 0 aliphatic carbocycles. The summed E-state index contributed by atoms with van der Waals surface area (Å²) in [6, 6.07) is 6.94. The van der Waals surface area contributed by atoms with Gasteiger partial charge in [-0.05, 0) is 100 Å². The van der Waals surface area contributed by atoms with Gasteiger partial charge in [0.2, 0.25) is 11.8 Å². The van der Waals surface area contributed by atoms with Crippen LogP contribution in [-0.2, 0) is 22.4 Å². The molecule has 3 fully saturated rings. The van der Waals surface area contributed by atoms with Gasteiger partial charge in [-0.2, -0.15) is 5.10 Å². The van der Waals surface area contributed by atoms with Gasteiger partial charge in [0.1, 0.15) is 0 Å². The van der Waals surface area contributed by atoms with E-state index in [2.05, 4.69) is 57.2 Å². The van der Waals surface area contributed by atoms with Crippen LogP contribution in [-0.4, -0.2) is 118 Å². The normalized spacial score (nSPS) is 21.2. The van der Waals surface area contributed by atoms with E-state index in [0.717, 1.165) is 96.9 Å². The number of hydrogen-bond acceptors (Lipinski definition) is 7. The molecule has 3 aromatic rings. The Bertz CT molecular complexity index is 1630. The van der Waals surface area contributed by atoms with Crippen molar-refractivity contribution in [3.8, 4) is 0 Å². The number of carbonyl (C=O) groups excluding carboxylic acids is 2. The molecule has 0 bridgehead atoms. The van der Waals surface area contributed by atoms with Crippen molar-refractivity contribution in [1.82, 2.24) is 34.8 Å². The average Bonchev–Trinajstić information content (AvgIpc) is 3.74. The van der Waals surface area contributed by atoms with E-state index in [-0.39, 0.29) is 29.7 Å². The van der Waals surface area contributed by atoms with Gasteiger partial charge in [-0.15, -0.1) is 11.8 Å². The minimum Gasteiger partial charge on any atom is -0.343 e. The molecule has 2 aromatic heterocycles. The number of pyridine rings is 1. The van der Waals surface area contributed by atoms with Crippen molar-refractivity contribution in [1.29, 1.82) is 0 Å². The number of carbonyl (C=O) groups is 2. The van der Waals surface area contributed by atoms with Crippen molar-refractivity contribution >= 4 is 34.5 Å². The van der Waals surface area contributed by atoms with Crippen LogP contribution in [0.15, 0.2) is 34.2 Å². The van der Waals surface area contributed by atoms with Crippen LogP contribution in [0, 0.1) is 12.8 Å². The number of amides is 2. The van der Waals surface area contributed by atoms with Gasteiger partial charge in [0.25, 0.3) is 5.56 Å². The molecule has 0 spiro atoms. The molecule has 7 rings (SSSR count). The Hall–Kier alpha value is -3.15. The summed E-state index contributed by atoms with van der Waals surface area (Å²) in [4.78, 5) is 52.9. The summed E-state index contributed by atoms with van der Waals surface area (Å²) in [7, 11) is 2.19. The van der Waals surface area contributed by atoms with E-state index >= 15 is 0 Å². The number of fused-ring (bicyclic) bond motifs is 2. The van der Waals surface area contributed by atoms with E-state index in [4.69, 9.17) is 0 Å². The Morgan fingerprint density at radius 1 is 0.978 bits per heavy atom. The molecule has 11 heteroatoms. The predicted octanol–water partition coefficient (Wildman–Crippen LogP) is 3.40. The van der Waals surface area contributed by atoms with Crippen LogP contribution < -0.4 is 5.56 Å². The number of piperidine rings is 2. The number of H-pyrrole nitrogens is 2. The summed E-state index contributed by atoms with van der Waals surface area (Å²) < 4.78 is 0. The average molecular weight is 646 g/mol. The molecular formula is C35H47N7O3S. The monoisotopic (exact) mass is 645 g/mol. The Balaban J connectivity index is 1.02. The van der Waals surface area contributed by atoms with Crippen molar-refractivity contribution in [3.05, 3.63) is 57.0 Å². The zero-order chi connectivity index (χ0) is 31.8. The zero-order valence-corrected chi connectivity index (χ0v) is 28.0. The van der Waals surface area contributed by atoms with Gasteiger partial charge in [-0.25, -0.2) is 0 Å². The molecule has 1 unspecified atom stereocenters. The number of hydrogen-bond donors (Lipinski definition) is 2. The Labute approximate surface area is 275 Å². The molecule has 4 aliphatic rings. The molecule has 4 aliphatic heterocycles. The number of nitrogens with zero attached hydrogens (tertiary/aromatic N) is 5. The summed E-state index contributed by atoms with van der Waals surface area (Å²) >= 11 is 1.72. The largest absolute Gasteiger partial charge is 0.343 e. The first-order valence-electron chi connectivity index (χ1n) is 17.1. The summed E-state index contributed by atoms with van der Waals surface area (Å²) in [6.07, 6.45) is 7.48. The van der Waals surface area contributed by atoms with Crippen LogP contribution in [0.2, 0.25) is 0 Å². The smallest absolute Gasteiger partial charge is 0.252 e. The Morgan fingerprint density at radius 2 is 1.74 bits per heavy atom. The number of likely N-dealkylation sites (tertiary alicyclic amines) is 2. The predicted molar refractivity (Wildman–Crippen MR) is 181 cm³/mol. The van der Waals surface area contributed by atoms with Gasteiger partial charge >= 0.3 is 0 Å². The van der Waals surface area contributed by atoms with Gasteiger partial charge < -0.3 is 19.7 Å². The van der Waals surface area contributed by atoms with Crippen molar-refractivity contribution in [2.75, 3.05) is 65.2 Å². The van der Waals surface area contributed by atoms with Crippen LogP contribution in [0.4, 0.5) is 0 Å². The lowest BCUT2D eigenvalue weighted by atomic mass is 9.88. The lowest BCUT2D eigenvalue weighted by Gasteiger charge is -2.43. The Kier molecular flexibility index (Phi) is 9.25. The first-order valence-corrected chi connectivity index (χ1v) is 18.1. The highest BCUT2D eigenvalue weighted by atomic mass is 32.2. The summed E-state index contributed by atoms with van der Waals surface area (Å²) in [6.45, 7) is 8.79. The molecule has 0 saturated carbocycles. The molecule has 1 atom stereocenters. The maximum absolute atomic E-state index is 14.2.